The highest BCUT2D eigenvalue weighted by atomic mass is 32.2. The van der Waals surface area contributed by atoms with Gasteiger partial charge in [0.05, 0.1) is 12.2 Å². The second-order valence-electron chi connectivity index (χ2n) is 5.81. The summed E-state index contributed by atoms with van der Waals surface area (Å²) in [5, 5.41) is 3.60. The average Bonchev–Trinajstić information content (AvgIpc) is 2.42. The Morgan fingerprint density at radius 3 is 2.70 bits per heavy atom. The highest BCUT2D eigenvalue weighted by Gasteiger charge is 2.32. The molecule has 1 fully saturated rings. The molecule has 110 valence electrons. The highest BCUT2D eigenvalue weighted by Crippen LogP contribution is 2.35. The van der Waals surface area contributed by atoms with E-state index in [1.54, 1.807) is 0 Å². The molecule has 0 amide bonds. The maximum Gasteiger partial charge on any atom is 0.338 e. The number of ether oxygens (including phenoxy) is 1. The highest BCUT2D eigenvalue weighted by molar-refractivity contribution is 7.99. The van der Waals surface area contributed by atoms with Crippen molar-refractivity contribution in [1.29, 1.82) is 0 Å². The van der Waals surface area contributed by atoms with Gasteiger partial charge in [0.15, 0.2) is 0 Å². The third-order valence-electron chi connectivity index (χ3n) is 3.86. The number of carbonyl (C=O) groups is 1. The number of carbonyl (C=O) groups excluding carboxylic acids is 1. The van der Waals surface area contributed by atoms with Crippen molar-refractivity contribution in [2.45, 2.75) is 33.2 Å². The van der Waals surface area contributed by atoms with Crippen LogP contribution in [0.15, 0.2) is 24.3 Å². The molecule has 20 heavy (non-hydrogen) atoms. The van der Waals surface area contributed by atoms with Gasteiger partial charge in [0.1, 0.15) is 0 Å². The zero-order valence-electron chi connectivity index (χ0n) is 12.4. The van der Waals surface area contributed by atoms with E-state index in [-0.39, 0.29) is 5.97 Å². The molecule has 1 aromatic carbocycles. The molecule has 0 aliphatic carbocycles. The standard InChI is InChI=1S/C16H23NO2S/c1-4-19-15(18)12-5-7-13(8-6-12)17-14-11-20-10-9-16(14,2)3/h5-8,14,17H,4,9-11H2,1-3H3. The smallest absolute Gasteiger partial charge is 0.338 e. The van der Waals surface area contributed by atoms with Gasteiger partial charge in [0.25, 0.3) is 0 Å². The number of rotatable bonds is 4. The van der Waals surface area contributed by atoms with Crippen LogP contribution in [-0.4, -0.2) is 30.1 Å². The molecule has 1 aromatic rings. The van der Waals surface area contributed by atoms with E-state index in [1.165, 1.54) is 12.2 Å². The van der Waals surface area contributed by atoms with E-state index in [9.17, 15) is 4.79 Å². The van der Waals surface area contributed by atoms with Crippen LogP contribution in [0.25, 0.3) is 0 Å². The summed E-state index contributed by atoms with van der Waals surface area (Å²) in [6, 6.07) is 8.03. The zero-order chi connectivity index (χ0) is 14.6. The van der Waals surface area contributed by atoms with Crippen LogP contribution in [0, 0.1) is 5.41 Å². The Morgan fingerprint density at radius 1 is 1.40 bits per heavy atom. The fourth-order valence-corrected chi connectivity index (χ4v) is 3.90. The molecule has 1 N–H and O–H groups in total. The van der Waals surface area contributed by atoms with Gasteiger partial charge < -0.3 is 10.1 Å². The van der Waals surface area contributed by atoms with Gasteiger partial charge in [-0.15, -0.1) is 0 Å². The van der Waals surface area contributed by atoms with Gasteiger partial charge in [-0.25, -0.2) is 4.79 Å². The maximum atomic E-state index is 11.6. The summed E-state index contributed by atoms with van der Waals surface area (Å²) in [5.74, 6) is 2.12. The fraction of sp³-hybridized carbons (Fsp3) is 0.562. The summed E-state index contributed by atoms with van der Waals surface area (Å²) in [7, 11) is 0. The molecule has 1 saturated heterocycles. The van der Waals surface area contributed by atoms with Crippen LogP contribution in [0.5, 0.6) is 0 Å². The van der Waals surface area contributed by atoms with Crippen molar-refractivity contribution in [3.8, 4) is 0 Å². The number of nitrogens with one attached hydrogen (secondary N) is 1. The second kappa shape index (κ2) is 6.53. The number of anilines is 1. The molecule has 4 heteroatoms. The van der Waals surface area contributed by atoms with Gasteiger partial charge in [0.2, 0.25) is 0 Å². The van der Waals surface area contributed by atoms with Crippen LogP contribution >= 0.6 is 11.8 Å². The number of hydrogen-bond donors (Lipinski definition) is 1. The summed E-state index contributed by atoms with van der Waals surface area (Å²) in [5.41, 5.74) is 1.98. The first-order valence-corrected chi connectivity index (χ1v) is 8.30. The van der Waals surface area contributed by atoms with E-state index < -0.39 is 0 Å². The van der Waals surface area contributed by atoms with Gasteiger partial charge in [-0.2, -0.15) is 11.8 Å². The first kappa shape index (κ1) is 15.2. The van der Waals surface area contributed by atoms with Crippen LogP contribution in [0.2, 0.25) is 0 Å². The monoisotopic (exact) mass is 293 g/mol. The third kappa shape index (κ3) is 3.69. The molecule has 1 unspecified atom stereocenters. The minimum absolute atomic E-state index is 0.257. The predicted molar refractivity (Wildman–Crippen MR) is 85.5 cm³/mol. The normalized spacial score (nSPS) is 21.2. The topological polar surface area (TPSA) is 38.3 Å². The van der Waals surface area contributed by atoms with E-state index >= 15 is 0 Å². The lowest BCUT2D eigenvalue weighted by molar-refractivity contribution is 0.0526. The SMILES string of the molecule is CCOC(=O)c1ccc(NC2CSCCC2(C)C)cc1. The lowest BCUT2D eigenvalue weighted by Gasteiger charge is -2.39. The summed E-state index contributed by atoms with van der Waals surface area (Å²) < 4.78 is 4.99. The van der Waals surface area contributed by atoms with Crippen molar-refractivity contribution in [2.75, 3.05) is 23.4 Å². The van der Waals surface area contributed by atoms with Crippen molar-refractivity contribution >= 4 is 23.4 Å². The Morgan fingerprint density at radius 2 is 2.10 bits per heavy atom. The molecule has 0 aromatic heterocycles. The summed E-state index contributed by atoms with van der Waals surface area (Å²) >= 11 is 2.00. The molecule has 0 bridgehead atoms. The minimum Gasteiger partial charge on any atom is -0.462 e. The van der Waals surface area contributed by atoms with Crippen molar-refractivity contribution in [2.24, 2.45) is 5.41 Å². The first-order chi connectivity index (χ1) is 9.53. The average molecular weight is 293 g/mol. The maximum absolute atomic E-state index is 11.6. The van der Waals surface area contributed by atoms with E-state index in [1.807, 2.05) is 43.0 Å². The summed E-state index contributed by atoms with van der Waals surface area (Å²) in [4.78, 5) is 11.6. The molecular formula is C16H23NO2S. The molecule has 0 radical (unpaired) electrons. The van der Waals surface area contributed by atoms with E-state index in [0.29, 0.717) is 23.6 Å². The van der Waals surface area contributed by atoms with Crippen LogP contribution in [0.3, 0.4) is 0 Å². The molecule has 0 spiro atoms. The minimum atomic E-state index is -0.257. The third-order valence-corrected chi connectivity index (χ3v) is 4.92. The van der Waals surface area contributed by atoms with Crippen molar-refractivity contribution in [1.82, 2.24) is 0 Å². The second-order valence-corrected chi connectivity index (χ2v) is 6.96. The van der Waals surface area contributed by atoms with Gasteiger partial charge in [-0.1, -0.05) is 13.8 Å². The van der Waals surface area contributed by atoms with Gasteiger partial charge >= 0.3 is 5.97 Å². The predicted octanol–water partition coefficient (Wildman–Crippen LogP) is 3.81. The largest absolute Gasteiger partial charge is 0.462 e. The Kier molecular flexibility index (Phi) is 4.97. The van der Waals surface area contributed by atoms with Crippen molar-refractivity contribution < 1.29 is 9.53 Å². The van der Waals surface area contributed by atoms with Crippen molar-refractivity contribution in [3.63, 3.8) is 0 Å². The summed E-state index contributed by atoms with van der Waals surface area (Å²) in [6.45, 7) is 6.86. The molecule has 1 atom stereocenters. The molecule has 1 aliphatic heterocycles. The van der Waals surface area contributed by atoms with E-state index in [4.69, 9.17) is 4.74 Å². The molecule has 1 aliphatic rings. The number of benzene rings is 1. The molecular weight excluding hydrogens is 270 g/mol. The van der Waals surface area contributed by atoms with Crippen LogP contribution < -0.4 is 5.32 Å². The molecule has 2 rings (SSSR count). The van der Waals surface area contributed by atoms with Crippen LogP contribution in [-0.2, 0) is 4.74 Å². The number of esters is 1. The first-order valence-electron chi connectivity index (χ1n) is 7.14. The molecule has 1 heterocycles. The van der Waals surface area contributed by atoms with Crippen LogP contribution in [0.1, 0.15) is 37.6 Å². The number of thioether (sulfide) groups is 1. The quantitative estimate of drug-likeness (QED) is 0.857. The lowest BCUT2D eigenvalue weighted by Crippen LogP contribution is -2.41. The van der Waals surface area contributed by atoms with Gasteiger partial charge in [0, 0.05) is 17.5 Å². The van der Waals surface area contributed by atoms with Gasteiger partial charge in [-0.3, -0.25) is 0 Å². The van der Waals surface area contributed by atoms with Crippen LogP contribution in [0.4, 0.5) is 5.69 Å². The Balaban J connectivity index is 2.01. The molecule has 3 nitrogen and oxygen atoms in total. The number of hydrogen-bond acceptors (Lipinski definition) is 4. The zero-order valence-corrected chi connectivity index (χ0v) is 13.3. The fourth-order valence-electron chi connectivity index (χ4n) is 2.29. The van der Waals surface area contributed by atoms with E-state index in [2.05, 4.69) is 19.2 Å². The Hall–Kier alpha value is -1.16. The molecule has 0 saturated carbocycles. The van der Waals surface area contributed by atoms with Crippen molar-refractivity contribution in [3.05, 3.63) is 29.8 Å². The van der Waals surface area contributed by atoms with E-state index in [0.717, 1.165) is 11.4 Å². The Bertz CT molecular complexity index is 456. The lowest BCUT2D eigenvalue weighted by atomic mass is 9.82. The Labute approximate surface area is 125 Å². The summed E-state index contributed by atoms with van der Waals surface area (Å²) in [6.07, 6.45) is 1.23. The van der Waals surface area contributed by atoms with Gasteiger partial charge in [-0.05, 0) is 48.8 Å².